The lowest BCUT2D eigenvalue weighted by molar-refractivity contribution is -0.131. The van der Waals surface area contributed by atoms with E-state index in [1.165, 1.54) is 0 Å². The third kappa shape index (κ3) is 4.29. The highest BCUT2D eigenvalue weighted by Crippen LogP contribution is 2.37. The van der Waals surface area contributed by atoms with Crippen molar-refractivity contribution in [2.24, 2.45) is 0 Å². The molecule has 0 aliphatic carbocycles. The van der Waals surface area contributed by atoms with Gasteiger partial charge in [-0.25, -0.2) is 9.97 Å². The van der Waals surface area contributed by atoms with Crippen molar-refractivity contribution < 1.29 is 4.79 Å². The molecule has 2 aromatic heterocycles. The first kappa shape index (κ1) is 20.0. The number of carbonyl (C=O) groups excluding carboxylic acids is 1. The number of carbonyl (C=O) groups is 1. The number of piperazine rings is 1. The molecule has 5 rings (SSSR count). The van der Waals surface area contributed by atoms with Crippen LogP contribution in [0.2, 0.25) is 0 Å². The first-order valence-electron chi connectivity index (χ1n) is 10.3. The van der Waals surface area contributed by atoms with Crippen LogP contribution in [0.25, 0.3) is 10.2 Å². The van der Waals surface area contributed by atoms with Crippen LogP contribution in [0.5, 0.6) is 0 Å². The summed E-state index contributed by atoms with van der Waals surface area (Å²) >= 11 is 3.25. The summed E-state index contributed by atoms with van der Waals surface area (Å²) in [6.07, 6.45) is 1.63. The van der Waals surface area contributed by atoms with Gasteiger partial charge in [0.2, 0.25) is 5.91 Å². The average molecular weight is 447 g/mol. The number of thiophene rings is 1. The Kier molecular flexibility index (Phi) is 5.86. The maximum Gasteiger partial charge on any atom is 0.240 e. The van der Waals surface area contributed by atoms with Crippen molar-refractivity contribution in [3.63, 3.8) is 0 Å². The van der Waals surface area contributed by atoms with Gasteiger partial charge in [0.05, 0.1) is 5.39 Å². The Labute approximate surface area is 189 Å². The number of aromatic nitrogens is 2. The highest BCUT2D eigenvalue weighted by Gasteiger charge is 2.30. The molecule has 1 aliphatic heterocycles. The highest BCUT2D eigenvalue weighted by atomic mass is 32.2. The highest BCUT2D eigenvalue weighted by molar-refractivity contribution is 8.00. The van der Waals surface area contributed by atoms with Gasteiger partial charge in [0.25, 0.3) is 0 Å². The molecule has 5 nitrogen and oxygen atoms in total. The maximum absolute atomic E-state index is 13.6. The van der Waals surface area contributed by atoms with Crippen molar-refractivity contribution >= 4 is 45.0 Å². The Morgan fingerprint density at radius 2 is 1.61 bits per heavy atom. The van der Waals surface area contributed by atoms with Crippen LogP contribution < -0.4 is 4.90 Å². The van der Waals surface area contributed by atoms with Gasteiger partial charge >= 0.3 is 0 Å². The Hall–Kier alpha value is -2.90. The number of nitrogens with zero attached hydrogens (tertiary/aromatic N) is 4. The van der Waals surface area contributed by atoms with Crippen molar-refractivity contribution in [2.45, 2.75) is 10.1 Å². The third-order valence-corrected chi connectivity index (χ3v) is 7.53. The third-order valence-electron chi connectivity index (χ3n) is 5.46. The maximum atomic E-state index is 13.6. The Morgan fingerprint density at radius 1 is 0.903 bits per heavy atom. The molecule has 1 atom stereocenters. The zero-order valence-corrected chi connectivity index (χ0v) is 18.6. The molecule has 0 saturated carbocycles. The molecule has 0 spiro atoms. The van der Waals surface area contributed by atoms with Crippen molar-refractivity contribution in [2.75, 3.05) is 31.1 Å². The number of fused-ring (bicyclic) bond motifs is 1. The normalized spacial score (nSPS) is 15.2. The van der Waals surface area contributed by atoms with Gasteiger partial charge in [0.15, 0.2) is 0 Å². The molecule has 156 valence electrons. The molecule has 1 amide bonds. The predicted molar refractivity (Wildman–Crippen MR) is 128 cm³/mol. The van der Waals surface area contributed by atoms with Crippen LogP contribution >= 0.6 is 23.1 Å². The second kappa shape index (κ2) is 9.08. The van der Waals surface area contributed by atoms with Gasteiger partial charge in [-0.05, 0) is 29.1 Å². The first-order chi connectivity index (χ1) is 15.3. The quantitative estimate of drug-likeness (QED) is 0.409. The molecule has 31 heavy (non-hydrogen) atoms. The van der Waals surface area contributed by atoms with E-state index in [1.807, 2.05) is 58.8 Å². The summed E-state index contributed by atoms with van der Waals surface area (Å²) in [4.78, 5) is 28.8. The Bertz CT molecular complexity index is 1160. The standard InChI is InChI=1S/C24H22N4OS2/c29-24(21(18-7-3-1-4-8-18)31-19-9-5-2-6-10-19)28-14-12-27(13-15-28)22-20-11-16-30-23(20)26-17-25-22/h1-11,16-17,21H,12-15H2. The van der Waals surface area contributed by atoms with E-state index >= 15 is 0 Å². The van der Waals surface area contributed by atoms with Gasteiger partial charge in [-0.1, -0.05) is 48.5 Å². The molecule has 1 fully saturated rings. The predicted octanol–water partition coefficient (Wildman–Crippen LogP) is 4.87. The molecular formula is C24H22N4OS2. The van der Waals surface area contributed by atoms with E-state index in [0.717, 1.165) is 39.6 Å². The SMILES string of the molecule is O=C(C(Sc1ccccc1)c1ccccc1)N1CCN(c2ncnc3sccc23)CC1. The molecule has 0 bridgehead atoms. The zero-order valence-electron chi connectivity index (χ0n) is 16.9. The van der Waals surface area contributed by atoms with Crippen LogP contribution in [0.1, 0.15) is 10.8 Å². The smallest absolute Gasteiger partial charge is 0.240 e. The molecule has 1 aliphatic rings. The van der Waals surface area contributed by atoms with Crippen molar-refractivity contribution in [3.05, 3.63) is 84.0 Å². The fourth-order valence-electron chi connectivity index (χ4n) is 3.86. The molecule has 1 unspecified atom stereocenters. The summed E-state index contributed by atoms with van der Waals surface area (Å²) < 4.78 is 0. The summed E-state index contributed by atoms with van der Waals surface area (Å²) in [6, 6.07) is 22.3. The van der Waals surface area contributed by atoms with E-state index in [4.69, 9.17) is 0 Å². The van der Waals surface area contributed by atoms with E-state index in [2.05, 4.69) is 33.1 Å². The molecule has 1 saturated heterocycles. The van der Waals surface area contributed by atoms with E-state index in [1.54, 1.807) is 29.4 Å². The lowest BCUT2D eigenvalue weighted by Crippen LogP contribution is -2.50. The second-order valence-corrected chi connectivity index (χ2v) is 9.44. The summed E-state index contributed by atoms with van der Waals surface area (Å²) in [6.45, 7) is 2.91. The topological polar surface area (TPSA) is 49.3 Å². The van der Waals surface area contributed by atoms with E-state index in [-0.39, 0.29) is 11.2 Å². The largest absolute Gasteiger partial charge is 0.352 e. The first-order valence-corrected chi connectivity index (χ1v) is 12.0. The molecule has 7 heteroatoms. The number of hydrogen-bond acceptors (Lipinski definition) is 6. The van der Waals surface area contributed by atoms with Gasteiger partial charge in [0.1, 0.15) is 22.2 Å². The van der Waals surface area contributed by atoms with Crippen molar-refractivity contribution in [1.82, 2.24) is 14.9 Å². The number of rotatable bonds is 5. The van der Waals surface area contributed by atoms with Gasteiger partial charge in [-0.15, -0.1) is 23.1 Å². The van der Waals surface area contributed by atoms with E-state index < -0.39 is 0 Å². The van der Waals surface area contributed by atoms with Crippen LogP contribution in [-0.4, -0.2) is 47.0 Å². The van der Waals surface area contributed by atoms with Crippen molar-refractivity contribution in [1.29, 1.82) is 0 Å². The average Bonchev–Trinajstić information content (AvgIpc) is 3.33. The summed E-state index contributed by atoms with van der Waals surface area (Å²) in [5.41, 5.74) is 1.04. The molecule has 4 aromatic rings. The monoisotopic (exact) mass is 446 g/mol. The molecule has 2 aromatic carbocycles. The van der Waals surface area contributed by atoms with Crippen LogP contribution in [-0.2, 0) is 4.79 Å². The van der Waals surface area contributed by atoms with Gasteiger partial charge in [0, 0.05) is 31.1 Å². The number of amides is 1. The summed E-state index contributed by atoms with van der Waals surface area (Å²) in [7, 11) is 0. The summed E-state index contributed by atoms with van der Waals surface area (Å²) in [5, 5.41) is 2.89. The van der Waals surface area contributed by atoms with Crippen LogP contribution in [0.4, 0.5) is 5.82 Å². The van der Waals surface area contributed by atoms with Crippen LogP contribution in [0.15, 0.2) is 83.3 Å². The minimum atomic E-state index is -0.252. The fraction of sp³-hybridized carbons (Fsp3) is 0.208. The van der Waals surface area contributed by atoms with Crippen LogP contribution in [0.3, 0.4) is 0 Å². The number of hydrogen-bond donors (Lipinski definition) is 0. The van der Waals surface area contributed by atoms with Gasteiger partial charge in [-0.2, -0.15) is 0 Å². The lowest BCUT2D eigenvalue weighted by Gasteiger charge is -2.37. The van der Waals surface area contributed by atoms with Gasteiger partial charge < -0.3 is 9.80 Å². The number of thioether (sulfide) groups is 1. The second-order valence-electron chi connectivity index (χ2n) is 7.37. The molecule has 0 N–H and O–H groups in total. The number of anilines is 1. The minimum absolute atomic E-state index is 0.170. The Balaban J connectivity index is 1.33. The lowest BCUT2D eigenvalue weighted by atomic mass is 10.1. The van der Waals surface area contributed by atoms with Gasteiger partial charge in [-0.3, -0.25) is 4.79 Å². The fourth-order valence-corrected chi connectivity index (χ4v) is 5.71. The Morgan fingerprint density at radius 3 is 2.35 bits per heavy atom. The molecular weight excluding hydrogens is 424 g/mol. The van der Waals surface area contributed by atoms with E-state index in [0.29, 0.717) is 13.1 Å². The zero-order chi connectivity index (χ0) is 21.0. The molecule has 0 radical (unpaired) electrons. The van der Waals surface area contributed by atoms with Crippen molar-refractivity contribution in [3.8, 4) is 0 Å². The number of benzene rings is 2. The van der Waals surface area contributed by atoms with E-state index in [9.17, 15) is 4.79 Å². The minimum Gasteiger partial charge on any atom is -0.352 e. The summed E-state index contributed by atoms with van der Waals surface area (Å²) in [5.74, 6) is 1.14. The molecule has 3 heterocycles. The van der Waals surface area contributed by atoms with Crippen LogP contribution in [0, 0.1) is 0 Å².